The lowest BCUT2D eigenvalue weighted by Crippen LogP contribution is -2.36. The number of hydrogen-bond acceptors (Lipinski definition) is 7. The van der Waals surface area contributed by atoms with Crippen LogP contribution in [0.4, 0.5) is 5.82 Å². The van der Waals surface area contributed by atoms with Gasteiger partial charge < -0.3 is 20.5 Å². The molecule has 2 aromatic heterocycles. The Morgan fingerprint density at radius 3 is 2.90 bits per heavy atom. The standard InChI is InChI=1S/C12H20N6O2/c1-2-17(3-4-19)5-9(20)6-18-8-16-12-10(18)11(13)14-7-15-12/h7-9,19-20H,2-6H2,1H3,(H2,13,14,15)/t9-/m0/s1. The van der Waals surface area contributed by atoms with Gasteiger partial charge in [-0.05, 0) is 6.54 Å². The van der Waals surface area contributed by atoms with Crippen molar-refractivity contribution < 1.29 is 10.2 Å². The number of anilines is 1. The molecule has 0 aliphatic carbocycles. The quantitative estimate of drug-likeness (QED) is 0.601. The molecular weight excluding hydrogens is 260 g/mol. The second-order valence-corrected chi connectivity index (χ2v) is 4.60. The molecule has 110 valence electrons. The van der Waals surface area contributed by atoms with E-state index in [1.54, 1.807) is 10.9 Å². The third-order valence-corrected chi connectivity index (χ3v) is 3.18. The van der Waals surface area contributed by atoms with Gasteiger partial charge in [0.1, 0.15) is 11.8 Å². The van der Waals surface area contributed by atoms with E-state index < -0.39 is 6.10 Å². The van der Waals surface area contributed by atoms with Gasteiger partial charge in [0.25, 0.3) is 0 Å². The molecule has 0 aliphatic rings. The molecule has 4 N–H and O–H groups in total. The van der Waals surface area contributed by atoms with E-state index >= 15 is 0 Å². The van der Waals surface area contributed by atoms with Crippen LogP contribution in [0.3, 0.4) is 0 Å². The minimum atomic E-state index is -0.585. The van der Waals surface area contributed by atoms with E-state index in [1.165, 1.54) is 6.33 Å². The van der Waals surface area contributed by atoms with Crippen molar-refractivity contribution in [3.05, 3.63) is 12.7 Å². The number of rotatable bonds is 7. The van der Waals surface area contributed by atoms with Crippen LogP contribution >= 0.6 is 0 Å². The van der Waals surface area contributed by atoms with Crippen LogP contribution in [0.2, 0.25) is 0 Å². The lowest BCUT2D eigenvalue weighted by molar-refractivity contribution is 0.0911. The molecule has 2 rings (SSSR count). The Labute approximate surface area is 116 Å². The Morgan fingerprint density at radius 2 is 2.20 bits per heavy atom. The topological polar surface area (TPSA) is 113 Å². The molecule has 2 aromatic rings. The Balaban J connectivity index is 2.08. The largest absolute Gasteiger partial charge is 0.395 e. The fourth-order valence-corrected chi connectivity index (χ4v) is 2.18. The molecule has 0 aliphatic heterocycles. The Bertz CT molecular complexity index is 558. The van der Waals surface area contributed by atoms with Crippen LogP contribution in [0.5, 0.6) is 0 Å². The van der Waals surface area contributed by atoms with Crippen molar-refractivity contribution in [2.75, 3.05) is 32.0 Å². The summed E-state index contributed by atoms with van der Waals surface area (Å²) in [4.78, 5) is 14.1. The third kappa shape index (κ3) is 3.21. The SMILES string of the molecule is CCN(CCO)C[C@H](O)Cn1cnc2ncnc(N)c21. The summed E-state index contributed by atoms with van der Waals surface area (Å²) in [6, 6.07) is 0. The second kappa shape index (κ2) is 6.60. The van der Waals surface area contributed by atoms with E-state index in [1.807, 2.05) is 11.8 Å². The zero-order chi connectivity index (χ0) is 14.5. The molecule has 0 fully saturated rings. The van der Waals surface area contributed by atoms with Crippen molar-refractivity contribution in [2.24, 2.45) is 0 Å². The van der Waals surface area contributed by atoms with Crippen LogP contribution < -0.4 is 5.73 Å². The van der Waals surface area contributed by atoms with Crippen molar-refractivity contribution in [3.63, 3.8) is 0 Å². The van der Waals surface area contributed by atoms with Crippen molar-refractivity contribution in [1.29, 1.82) is 0 Å². The van der Waals surface area contributed by atoms with Crippen LogP contribution in [0.1, 0.15) is 6.92 Å². The highest BCUT2D eigenvalue weighted by atomic mass is 16.3. The summed E-state index contributed by atoms with van der Waals surface area (Å²) in [5.41, 5.74) is 6.97. The molecule has 0 spiro atoms. The van der Waals surface area contributed by atoms with E-state index in [-0.39, 0.29) is 6.61 Å². The number of imidazole rings is 1. The van der Waals surface area contributed by atoms with Crippen LogP contribution in [-0.4, -0.2) is 67.0 Å². The first-order chi connectivity index (χ1) is 9.65. The molecule has 0 amide bonds. The van der Waals surface area contributed by atoms with Gasteiger partial charge in [-0.15, -0.1) is 0 Å². The Kier molecular flexibility index (Phi) is 4.83. The average Bonchev–Trinajstić information content (AvgIpc) is 2.82. The van der Waals surface area contributed by atoms with Gasteiger partial charge in [0.05, 0.1) is 25.6 Å². The molecular formula is C12H20N6O2. The zero-order valence-electron chi connectivity index (χ0n) is 11.5. The van der Waals surface area contributed by atoms with Gasteiger partial charge in [-0.3, -0.25) is 4.90 Å². The van der Waals surface area contributed by atoms with E-state index in [0.717, 1.165) is 6.54 Å². The van der Waals surface area contributed by atoms with Crippen LogP contribution in [0, 0.1) is 0 Å². The average molecular weight is 280 g/mol. The maximum absolute atomic E-state index is 10.1. The predicted octanol–water partition coefficient (Wildman–Crippen LogP) is -0.916. The van der Waals surface area contributed by atoms with Gasteiger partial charge >= 0.3 is 0 Å². The van der Waals surface area contributed by atoms with Gasteiger partial charge in [0, 0.05) is 13.1 Å². The molecule has 2 heterocycles. The molecule has 8 nitrogen and oxygen atoms in total. The normalized spacial score (nSPS) is 13.2. The second-order valence-electron chi connectivity index (χ2n) is 4.60. The van der Waals surface area contributed by atoms with Gasteiger partial charge in [0.15, 0.2) is 11.5 Å². The number of nitrogens with zero attached hydrogens (tertiary/aromatic N) is 5. The molecule has 1 atom stereocenters. The number of hydrogen-bond donors (Lipinski definition) is 3. The molecule has 0 aromatic carbocycles. The number of fused-ring (bicyclic) bond motifs is 1. The Hall–Kier alpha value is -1.77. The van der Waals surface area contributed by atoms with Gasteiger partial charge in [-0.2, -0.15) is 0 Å². The summed E-state index contributed by atoms with van der Waals surface area (Å²) < 4.78 is 1.75. The number of aliphatic hydroxyl groups is 2. The smallest absolute Gasteiger partial charge is 0.182 e. The summed E-state index contributed by atoms with van der Waals surface area (Å²) in [6.07, 6.45) is 2.38. The molecule has 0 saturated heterocycles. The van der Waals surface area contributed by atoms with E-state index in [4.69, 9.17) is 10.8 Å². The fraction of sp³-hybridized carbons (Fsp3) is 0.583. The lowest BCUT2D eigenvalue weighted by atomic mass is 10.3. The van der Waals surface area contributed by atoms with Crippen molar-refractivity contribution in [2.45, 2.75) is 19.6 Å². The van der Waals surface area contributed by atoms with Crippen LogP contribution in [-0.2, 0) is 6.54 Å². The van der Waals surface area contributed by atoms with E-state index in [9.17, 15) is 5.11 Å². The number of aliphatic hydroxyl groups excluding tert-OH is 2. The summed E-state index contributed by atoms with van der Waals surface area (Å²) in [5, 5.41) is 19.1. The minimum Gasteiger partial charge on any atom is -0.395 e. The van der Waals surface area contributed by atoms with Crippen molar-refractivity contribution >= 4 is 17.0 Å². The highest BCUT2D eigenvalue weighted by molar-refractivity contribution is 5.81. The van der Waals surface area contributed by atoms with Gasteiger partial charge in [-0.1, -0.05) is 6.92 Å². The van der Waals surface area contributed by atoms with Crippen molar-refractivity contribution in [1.82, 2.24) is 24.4 Å². The highest BCUT2D eigenvalue weighted by Crippen LogP contribution is 2.15. The molecule has 0 unspecified atom stereocenters. The Morgan fingerprint density at radius 1 is 1.40 bits per heavy atom. The lowest BCUT2D eigenvalue weighted by Gasteiger charge is -2.22. The van der Waals surface area contributed by atoms with Gasteiger partial charge in [0.2, 0.25) is 0 Å². The summed E-state index contributed by atoms with van der Waals surface area (Å²) in [6.45, 7) is 4.22. The fourth-order valence-electron chi connectivity index (χ4n) is 2.18. The number of nitrogen functional groups attached to an aromatic ring is 1. The molecule has 20 heavy (non-hydrogen) atoms. The van der Waals surface area contributed by atoms with Crippen molar-refractivity contribution in [3.8, 4) is 0 Å². The minimum absolute atomic E-state index is 0.0787. The highest BCUT2D eigenvalue weighted by Gasteiger charge is 2.14. The third-order valence-electron chi connectivity index (χ3n) is 3.18. The van der Waals surface area contributed by atoms with E-state index in [2.05, 4.69) is 15.0 Å². The van der Waals surface area contributed by atoms with Gasteiger partial charge in [-0.25, -0.2) is 15.0 Å². The number of likely N-dealkylation sites (N-methyl/N-ethyl adjacent to an activating group) is 1. The van der Waals surface area contributed by atoms with E-state index in [0.29, 0.717) is 36.6 Å². The first-order valence-corrected chi connectivity index (χ1v) is 6.58. The first kappa shape index (κ1) is 14.6. The summed E-state index contributed by atoms with van der Waals surface area (Å²) >= 11 is 0. The molecule has 0 saturated carbocycles. The number of aromatic nitrogens is 4. The predicted molar refractivity (Wildman–Crippen MR) is 74.9 cm³/mol. The maximum atomic E-state index is 10.1. The molecule has 0 radical (unpaired) electrons. The molecule has 8 heteroatoms. The summed E-state index contributed by atoms with van der Waals surface area (Å²) in [7, 11) is 0. The maximum Gasteiger partial charge on any atom is 0.182 e. The number of nitrogens with two attached hydrogens (primary N) is 1. The first-order valence-electron chi connectivity index (χ1n) is 6.58. The van der Waals surface area contributed by atoms with Crippen LogP contribution in [0.15, 0.2) is 12.7 Å². The van der Waals surface area contributed by atoms with Crippen LogP contribution in [0.25, 0.3) is 11.2 Å². The summed E-state index contributed by atoms with van der Waals surface area (Å²) in [5.74, 6) is 0.349. The monoisotopic (exact) mass is 280 g/mol. The molecule has 0 bridgehead atoms. The zero-order valence-corrected chi connectivity index (χ0v) is 11.5.